The maximum absolute atomic E-state index is 2.81. The molecule has 0 N–H and O–H groups in total. The quantitative estimate of drug-likeness (QED) is 0.163. The second kappa shape index (κ2) is 16.2. The van der Waals surface area contributed by atoms with Gasteiger partial charge in [-0.25, -0.2) is 0 Å². The van der Waals surface area contributed by atoms with Gasteiger partial charge in [0.2, 0.25) is 0 Å². The molecule has 0 amide bonds. The highest BCUT2D eigenvalue weighted by Gasteiger charge is 2.58. The van der Waals surface area contributed by atoms with E-state index in [1.54, 1.807) is 0 Å². The molecule has 1 saturated carbocycles. The molecule has 1 aliphatic carbocycles. The third-order valence-corrected chi connectivity index (χ3v) is 20.8. The van der Waals surface area contributed by atoms with Gasteiger partial charge in [0.05, 0.1) is 16.9 Å². The molecule has 0 radical (unpaired) electrons. The largest absolute Gasteiger partial charge is 0.334 e. The summed E-state index contributed by atoms with van der Waals surface area (Å²) in [6.07, 6.45) is 4.75. The summed E-state index contributed by atoms with van der Waals surface area (Å²) in [5, 5.41) is 5.25. The van der Waals surface area contributed by atoms with Gasteiger partial charge in [-0.1, -0.05) is 171 Å². The van der Waals surface area contributed by atoms with Crippen LogP contribution < -0.4 is 31.1 Å². The van der Waals surface area contributed by atoms with Crippen molar-refractivity contribution in [1.82, 2.24) is 0 Å². The van der Waals surface area contributed by atoms with Crippen molar-refractivity contribution in [2.75, 3.05) is 14.7 Å². The summed E-state index contributed by atoms with van der Waals surface area (Å²) >= 11 is 3.84. The van der Waals surface area contributed by atoms with Crippen LogP contribution in [0.3, 0.4) is 0 Å². The fourth-order valence-corrected chi connectivity index (χ4v) is 16.7. The minimum absolute atomic E-state index is 0.0183. The van der Waals surface area contributed by atoms with Gasteiger partial charge in [-0.3, -0.25) is 0 Å². The molecule has 2 atom stereocenters. The molecule has 5 heterocycles. The van der Waals surface area contributed by atoms with E-state index in [0.29, 0.717) is 0 Å². The summed E-state index contributed by atoms with van der Waals surface area (Å²) in [6.45, 7) is 19.3. The summed E-state index contributed by atoms with van der Waals surface area (Å²) in [5.41, 5.74) is 20.4. The van der Waals surface area contributed by atoms with Crippen LogP contribution in [0.2, 0.25) is 0 Å². The van der Waals surface area contributed by atoms with Gasteiger partial charge >= 0.3 is 0 Å². The zero-order valence-corrected chi connectivity index (χ0v) is 46.5. The van der Waals surface area contributed by atoms with Gasteiger partial charge in [0, 0.05) is 85.4 Å². The van der Waals surface area contributed by atoms with Crippen molar-refractivity contribution in [3.05, 3.63) is 199 Å². The Labute approximate surface area is 456 Å². The highest BCUT2D eigenvalue weighted by atomic mass is 32.1. The minimum atomic E-state index is -0.152. The summed E-state index contributed by atoms with van der Waals surface area (Å²) in [7, 11) is 0. The second-order valence-corrected chi connectivity index (χ2v) is 27.0. The standard InChI is InChI=1S/C70H62BN3S2/c1-67(2,3)44-31-33-54(49(37-44)43-21-10-9-11-22-43)72-58-41-50-47-23-12-16-28-61(47)76-64(50)42-53(58)71-52-38-45(68(4,5)6)32-34-56(52)73(57-27-20-30-63-65(57)48-24-13-17-29-62(48)75-63)60-40-46(39-59(72)66(60)71)74-55-26-15-14-25-51(55)69(7)35-18-19-36-70(69,74)8/h9-17,20-34,37-42H,18-19,35-36H2,1-8H3. The predicted octanol–water partition coefficient (Wildman–Crippen LogP) is 18.5. The highest BCUT2D eigenvalue weighted by molar-refractivity contribution is 7.26. The lowest BCUT2D eigenvalue weighted by molar-refractivity contribution is 0.195. The van der Waals surface area contributed by atoms with E-state index in [9.17, 15) is 0 Å². The molecule has 15 rings (SSSR count). The Morgan fingerprint density at radius 2 is 1.04 bits per heavy atom. The van der Waals surface area contributed by atoms with E-state index < -0.39 is 0 Å². The normalized spacial score (nSPS) is 18.8. The zero-order valence-electron chi connectivity index (χ0n) is 44.9. The van der Waals surface area contributed by atoms with Crippen LogP contribution in [0.25, 0.3) is 51.5 Å². The number of anilines is 8. The summed E-state index contributed by atoms with van der Waals surface area (Å²) in [4.78, 5) is 8.24. The molecule has 3 nitrogen and oxygen atoms in total. The summed E-state index contributed by atoms with van der Waals surface area (Å²) < 4.78 is 5.28. The first-order valence-corrected chi connectivity index (χ1v) is 29.2. The molecule has 4 aliphatic rings. The summed E-state index contributed by atoms with van der Waals surface area (Å²) in [5.74, 6) is 0. The lowest BCUT2D eigenvalue weighted by Gasteiger charge is -2.51. The average Bonchev–Trinajstić information content (AvgIpc) is 4.22. The molecule has 1 fully saturated rings. The Bertz CT molecular complexity index is 4230. The van der Waals surface area contributed by atoms with E-state index in [2.05, 4.69) is 252 Å². The maximum Gasteiger partial charge on any atom is 0.252 e. The first-order chi connectivity index (χ1) is 36.7. The molecular formula is C70H62BN3S2. The smallest absolute Gasteiger partial charge is 0.252 e. The molecule has 9 aromatic carbocycles. The molecular weight excluding hydrogens is 958 g/mol. The number of hydrogen-bond donors (Lipinski definition) is 0. The first-order valence-electron chi connectivity index (χ1n) is 27.6. The molecule has 6 heteroatoms. The third kappa shape index (κ3) is 6.47. The van der Waals surface area contributed by atoms with Gasteiger partial charge in [0.15, 0.2) is 0 Å². The Morgan fingerprint density at radius 1 is 0.447 bits per heavy atom. The fraction of sp³-hybridized carbons (Fsp3) is 0.229. The van der Waals surface area contributed by atoms with E-state index in [1.165, 1.54) is 149 Å². The average molecular weight is 1020 g/mol. The van der Waals surface area contributed by atoms with Crippen LogP contribution in [0, 0.1) is 0 Å². The van der Waals surface area contributed by atoms with Crippen molar-refractivity contribution in [3.8, 4) is 11.1 Å². The van der Waals surface area contributed by atoms with Crippen LogP contribution in [-0.4, -0.2) is 12.3 Å². The van der Waals surface area contributed by atoms with Crippen molar-refractivity contribution in [1.29, 1.82) is 0 Å². The van der Waals surface area contributed by atoms with Crippen molar-refractivity contribution >= 4 is 132 Å². The van der Waals surface area contributed by atoms with Gasteiger partial charge in [-0.15, -0.1) is 22.7 Å². The molecule has 372 valence electrons. The van der Waals surface area contributed by atoms with Crippen molar-refractivity contribution < 1.29 is 0 Å². The number of nitrogens with zero attached hydrogens (tertiary/aromatic N) is 3. The number of fused-ring (bicyclic) bond motifs is 13. The zero-order chi connectivity index (χ0) is 51.6. The molecule has 76 heavy (non-hydrogen) atoms. The van der Waals surface area contributed by atoms with Crippen LogP contribution in [0.15, 0.2) is 182 Å². The number of para-hydroxylation sites is 1. The Kier molecular flexibility index (Phi) is 9.85. The molecule has 3 aliphatic heterocycles. The molecule has 2 aromatic heterocycles. The van der Waals surface area contributed by atoms with Crippen molar-refractivity contribution in [3.63, 3.8) is 0 Å². The fourth-order valence-electron chi connectivity index (χ4n) is 14.4. The van der Waals surface area contributed by atoms with Gasteiger partial charge in [0.1, 0.15) is 0 Å². The molecule has 0 spiro atoms. The first kappa shape index (κ1) is 46.2. The van der Waals surface area contributed by atoms with Crippen LogP contribution in [-0.2, 0) is 16.2 Å². The summed E-state index contributed by atoms with van der Waals surface area (Å²) in [6, 6.07) is 71.0. The van der Waals surface area contributed by atoms with E-state index in [0.717, 1.165) is 6.42 Å². The molecule has 11 aromatic rings. The topological polar surface area (TPSA) is 9.72 Å². The van der Waals surface area contributed by atoms with Crippen molar-refractivity contribution in [2.45, 2.75) is 103 Å². The molecule has 0 bridgehead atoms. The van der Waals surface area contributed by atoms with Gasteiger partial charge in [0.25, 0.3) is 6.71 Å². The lowest BCUT2D eigenvalue weighted by Crippen LogP contribution is -2.61. The van der Waals surface area contributed by atoms with Gasteiger partial charge in [-0.2, -0.15) is 0 Å². The molecule has 2 unspecified atom stereocenters. The Morgan fingerprint density at radius 3 is 1.80 bits per heavy atom. The number of hydrogen-bond acceptors (Lipinski definition) is 5. The monoisotopic (exact) mass is 1020 g/mol. The number of thiophene rings is 2. The Balaban J connectivity index is 1.13. The van der Waals surface area contributed by atoms with Crippen LogP contribution in [0.5, 0.6) is 0 Å². The van der Waals surface area contributed by atoms with E-state index in [4.69, 9.17) is 0 Å². The van der Waals surface area contributed by atoms with Crippen molar-refractivity contribution in [2.24, 2.45) is 0 Å². The lowest BCUT2D eigenvalue weighted by atomic mass is 9.33. The maximum atomic E-state index is 2.81. The SMILES string of the molecule is CC(C)(C)c1ccc2c(c1)B1c3cc4sc5ccccc5c4cc3N(c3ccc(C(C)(C)C)cc3-c3ccccc3)c3cc(N4c5ccccc5C5(C)CCCCC45C)cc(c31)N2c1cccc2sc3ccccc3c12. The van der Waals surface area contributed by atoms with Gasteiger partial charge in [-0.05, 0) is 142 Å². The van der Waals surface area contributed by atoms with Crippen LogP contribution in [0.1, 0.15) is 97.8 Å². The second-order valence-electron chi connectivity index (χ2n) is 24.8. The highest BCUT2D eigenvalue weighted by Crippen LogP contribution is 2.62. The minimum Gasteiger partial charge on any atom is -0.334 e. The number of rotatable bonds is 4. The number of benzene rings is 9. The van der Waals surface area contributed by atoms with E-state index in [-0.39, 0.29) is 28.5 Å². The van der Waals surface area contributed by atoms with E-state index in [1.807, 2.05) is 22.7 Å². The van der Waals surface area contributed by atoms with Crippen LogP contribution in [0.4, 0.5) is 45.5 Å². The Hall–Kier alpha value is -7.12. The third-order valence-electron chi connectivity index (χ3n) is 18.5. The van der Waals surface area contributed by atoms with Crippen LogP contribution >= 0.6 is 22.7 Å². The predicted molar refractivity (Wildman–Crippen MR) is 332 cm³/mol. The van der Waals surface area contributed by atoms with E-state index >= 15 is 0 Å². The molecule has 0 saturated heterocycles. The van der Waals surface area contributed by atoms with Gasteiger partial charge < -0.3 is 14.7 Å².